The molecule has 4 heteroatoms. The van der Waals surface area contributed by atoms with E-state index in [1.807, 2.05) is 49.4 Å². The SMILES string of the molecule is Cc1ccc(-n2nnc3ccccc32)c(N)c1. The van der Waals surface area contributed by atoms with Crippen molar-refractivity contribution in [3.8, 4) is 5.69 Å². The zero-order valence-electron chi connectivity index (χ0n) is 9.46. The maximum atomic E-state index is 6.02. The lowest BCUT2D eigenvalue weighted by Crippen LogP contribution is -2.01. The first-order valence-electron chi connectivity index (χ1n) is 5.42. The summed E-state index contributed by atoms with van der Waals surface area (Å²) in [5.74, 6) is 0. The fourth-order valence-corrected chi connectivity index (χ4v) is 1.91. The third kappa shape index (κ3) is 1.54. The first-order valence-corrected chi connectivity index (χ1v) is 5.42. The molecule has 84 valence electrons. The fourth-order valence-electron chi connectivity index (χ4n) is 1.91. The molecule has 0 fully saturated rings. The predicted octanol–water partition coefficient (Wildman–Crippen LogP) is 2.31. The Bertz CT molecular complexity index is 685. The van der Waals surface area contributed by atoms with Crippen molar-refractivity contribution in [2.24, 2.45) is 0 Å². The molecule has 0 atom stereocenters. The molecule has 1 aromatic heterocycles. The molecule has 0 spiro atoms. The zero-order valence-corrected chi connectivity index (χ0v) is 9.46. The number of para-hydroxylation sites is 1. The van der Waals surface area contributed by atoms with Gasteiger partial charge in [-0.15, -0.1) is 5.10 Å². The summed E-state index contributed by atoms with van der Waals surface area (Å²) in [5.41, 5.74) is 10.6. The molecule has 0 aliphatic heterocycles. The maximum Gasteiger partial charge on any atom is 0.113 e. The number of fused-ring (bicyclic) bond motifs is 1. The molecule has 0 aliphatic carbocycles. The van der Waals surface area contributed by atoms with E-state index in [9.17, 15) is 0 Å². The molecule has 0 radical (unpaired) electrons. The van der Waals surface area contributed by atoms with Gasteiger partial charge in [0.05, 0.1) is 16.9 Å². The van der Waals surface area contributed by atoms with Crippen molar-refractivity contribution in [1.82, 2.24) is 15.0 Å². The lowest BCUT2D eigenvalue weighted by Gasteiger charge is -2.06. The van der Waals surface area contributed by atoms with Gasteiger partial charge in [0.15, 0.2) is 0 Å². The monoisotopic (exact) mass is 224 g/mol. The fraction of sp³-hybridized carbons (Fsp3) is 0.0769. The molecule has 0 unspecified atom stereocenters. The van der Waals surface area contributed by atoms with E-state index < -0.39 is 0 Å². The largest absolute Gasteiger partial charge is 0.397 e. The summed E-state index contributed by atoms with van der Waals surface area (Å²) in [5, 5.41) is 8.26. The van der Waals surface area contributed by atoms with E-state index in [0.29, 0.717) is 5.69 Å². The summed E-state index contributed by atoms with van der Waals surface area (Å²) in [4.78, 5) is 0. The highest BCUT2D eigenvalue weighted by atomic mass is 15.4. The van der Waals surface area contributed by atoms with Crippen LogP contribution in [0.5, 0.6) is 0 Å². The molecular formula is C13H12N4. The Labute approximate surface area is 98.7 Å². The number of hydrogen-bond acceptors (Lipinski definition) is 3. The zero-order chi connectivity index (χ0) is 11.8. The molecule has 1 heterocycles. The predicted molar refractivity (Wildman–Crippen MR) is 68.0 cm³/mol. The number of nitrogens with two attached hydrogens (primary N) is 1. The number of nitrogens with zero attached hydrogens (tertiary/aromatic N) is 3. The van der Waals surface area contributed by atoms with Gasteiger partial charge in [-0.2, -0.15) is 0 Å². The Kier molecular flexibility index (Phi) is 2.08. The molecule has 4 nitrogen and oxygen atoms in total. The van der Waals surface area contributed by atoms with Crippen molar-refractivity contribution < 1.29 is 0 Å². The van der Waals surface area contributed by atoms with Gasteiger partial charge in [0.1, 0.15) is 5.52 Å². The Balaban J connectivity index is 2.27. The second-order valence-electron chi connectivity index (χ2n) is 4.05. The van der Waals surface area contributed by atoms with Gasteiger partial charge < -0.3 is 5.73 Å². The van der Waals surface area contributed by atoms with E-state index in [1.165, 1.54) is 0 Å². The normalized spacial score (nSPS) is 10.9. The Morgan fingerprint density at radius 2 is 1.94 bits per heavy atom. The van der Waals surface area contributed by atoms with E-state index in [-0.39, 0.29) is 0 Å². The summed E-state index contributed by atoms with van der Waals surface area (Å²) >= 11 is 0. The number of anilines is 1. The highest BCUT2D eigenvalue weighted by Gasteiger charge is 2.08. The van der Waals surface area contributed by atoms with Crippen molar-refractivity contribution in [3.05, 3.63) is 48.0 Å². The van der Waals surface area contributed by atoms with E-state index in [0.717, 1.165) is 22.3 Å². The van der Waals surface area contributed by atoms with Crippen molar-refractivity contribution in [3.63, 3.8) is 0 Å². The van der Waals surface area contributed by atoms with Crippen LogP contribution in [0, 0.1) is 6.92 Å². The van der Waals surface area contributed by atoms with Crippen LogP contribution in [0.15, 0.2) is 42.5 Å². The Morgan fingerprint density at radius 3 is 2.76 bits per heavy atom. The summed E-state index contributed by atoms with van der Waals surface area (Å²) in [6, 6.07) is 13.7. The molecule has 3 rings (SSSR count). The molecular weight excluding hydrogens is 212 g/mol. The number of rotatable bonds is 1. The number of benzene rings is 2. The number of aromatic nitrogens is 3. The lowest BCUT2D eigenvalue weighted by molar-refractivity contribution is 0.825. The van der Waals surface area contributed by atoms with E-state index in [1.54, 1.807) is 4.68 Å². The second-order valence-corrected chi connectivity index (χ2v) is 4.05. The smallest absolute Gasteiger partial charge is 0.113 e. The first kappa shape index (κ1) is 9.84. The van der Waals surface area contributed by atoms with Crippen molar-refractivity contribution in [2.45, 2.75) is 6.92 Å². The average Bonchev–Trinajstić information content (AvgIpc) is 2.73. The third-order valence-corrected chi connectivity index (χ3v) is 2.76. The molecule has 0 aliphatic rings. The number of hydrogen-bond donors (Lipinski definition) is 1. The van der Waals surface area contributed by atoms with Gasteiger partial charge in [-0.25, -0.2) is 4.68 Å². The molecule has 3 aromatic rings. The van der Waals surface area contributed by atoms with E-state index in [4.69, 9.17) is 5.73 Å². The topological polar surface area (TPSA) is 56.7 Å². The van der Waals surface area contributed by atoms with Gasteiger partial charge in [0.2, 0.25) is 0 Å². The van der Waals surface area contributed by atoms with E-state index in [2.05, 4.69) is 10.3 Å². The molecule has 17 heavy (non-hydrogen) atoms. The van der Waals surface area contributed by atoms with E-state index >= 15 is 0 Å². The highest BCUT2D eigenvalue weighted by molar-refractivity contribution is 5.77. The molecule has 0 amide bonds. The van der Waals surface area contributed by atoms with Crippen molar-refractivity contribution >= 4 is 16.7 Å². The third-order valence-electron chi connectivity index (χ3n) is 2.76. The molecule has 2 N–H and O–H groups in total. The standard InChI is InChI=1S/C13H12N4/c1-9-6-7-12(10(14)8-9)17-13-5-3-2-4-11(13)15-16-17/h2-8H,14H2,1H3. The van der Waals surface area contributed by atoms with Gasteiger partial charge in [0, 0.05) is 0 Å². The van der Waals surface area contributed by atoms with Crippen LogP contribution in [-0.4, -0.2) is 15.0 Å². The minimum Gasteiger partial charge on any atom is -0.397 e. The van der Waals surface area contributed by atoms with Crippen LogP contribution in [0.2, 0.25) is 0 Å². The van der Waals surface area contributed by atoms with Crippen molar-refractivity contribution in [1.29, 1.82) is 0 Å². The summed E-state index contributed by atoms with van der Waals surface area (Å²) < 4.78 is 1.77. The number of nitrogen functional groups attached to an aromatic ring is 1. The lowest BCUT2D eigenvalue weighted by atomic mass is 10.2. The van der Waals surface area contributed by atoms with Gasteiger partial charge >= 0.3 is 0 Å². The van der Waals surface area contributed by atoms with Gasteiger partial charge in [-0.3, -0.25) is 0 Å². The average molecular weight is 224 g/mol. The highest BCUT2D eigenvalue weighted by Crippen LogP contribution is 2.21. The summed E-state index contributed by atoms with van der Waals surface area (Å²) in [6.45, 7) is 2.01. The van der Waals surface area contributed by atoms with Gasteiger partial charge in [-0.05, 0) is 36.8 Å². The van der Waals surface area contributed by atoms with Crippen LogP contribution in [0.1, 0.15) is 5.56 Å². The van der Waals surface area contributed by atoms with Gasteiger partial charge in [0.25, 0.3) is 0 Å². The van der Waals surface area contributed by atoms with Crippen LogP contribution in [0.3, 0.4) is 0 Å². The van der Waals surface area contributed by atoms with Crippen LogP contribution in [0.4, 0.5) is 5.69 Å². The molecule has 0 saturated heterocycles. The quantitative estimate of drug-likeness (QED) is 0.645. The maximum absolute atomic E-state index is 6.02. The Morgan fingerprint density at radius 1 is 1.12 bits per heavy atom. The molecule has 2 aromatic carbocycles. The minimum absolute atomic E-state index is 0.709. The van der Waals surface area contributed by atoms with Crippen LogP contribution < -0.4 is 5.73 Å². The first-order chi connectivity index (χ1) is 8.25. The van der Waals surface area contributed by atoms with Gasteiger partial charge in [-0.1, -0.05) is 23.4 Å². The summed E-state index contributed by atoms with van der Waals surface area (Å²) in [6.07, 6.45) is 0. The van der Waals surface area contributed by atoms with Crippen molar-refractivity contribution in [2.75, 3.05) is 5.73 Å². The Hall–Kier alpha value is -2.36. The number of aryl methyl sites for hydroxylation is 1. The minimum atomic E-state index is 0.709. The molecule has 0 bridgehead atoms. The van der Waals surface area contributed by atoms with Crippen LogP contribution in [0.25, 0.3) is 16.7 Å². The summed E-state index contributed by atoms with van der Waals surface area (Å²) in [7, 11) is 0. The second kappa shape index (κ2) is 3.59. The molecule has 0 saturated carbocycles. The van der Waals surface area contributed by atoms with Crippen LogP contribution >= 0.6 is 0 Å². The van der Waals surface area contributed by atoms with Crippen LogP contribution in [-0.2, 0) is 0 Å².